The van der Waals surface area contributed by atoms with Crippen molar-refractivity contribution < 1.29 is 17.6 Å². The van der Waals surface area contributed by atoms with Crippen molar-refractivity contribution in [3.63, 3.8) is 0 Å². The highest BCUT2D eigenvalue weighted by Gasteiger charge is 2.16. The summed E-state index contributed by atoms with van der Waals surface area (Å²) in [5.41, 5.74) is 0.204. The standard InChI is InChI=1S/C13H5ClF4N2S/c14-5-1-12-10(3-6(5)15)19-13(21)20(12)11-4-8(17)7(16)2-9(11)18/h1-4H,(H,19,21). The van der Waals surface area contributed by atoms with Crippen molar-refractivity contribution in [3.8, 4) is 5.69 Å². The van der Waals surface area contributed by atoms with E-state index in [1.165, 1.54) is 6.07 Å². The number of H-pyrrole nitrogens is 1. The van der Waals surface area contributed by atoms with Crippen LogP contribution in [0.5, 0.6) is 0 Å². The van der Waals surface area contributed by atoms with E-state index in [4.69, 9.17) is 23.8 Å². The number of aromatic amines is 1. The molecule has 0 saturated heterocycles. The highest BCUT2D eigenvalue weighted by Crippen LogP contribution is 2.27. The van der Waals surface area contributed by atoms with Crippen LogP contribution in [0.1, 0.15) is 0 Å². The first-order valence-corrected chi connectivity index (χ1v) is 6.42. The summed E-state index contributed by atoms with van der Waals surface area (Å²) in [6.45, 7) is 0. The molecule has 2 aromatic carbocycles. The fourth-order valence-corrected chi connectivity index (χ4v) is 2.49. The lowest BCUT2D eigenvalue weighted by atomic mass is 10.2. The molecule has 0 aliphatic carbocycles. The molecule has 0 unspecified atom stereocenters. The van der Waals surface area contributed by atoms with Gasteiger partial charge in [0.25, 0.3) is 0 Å². The van der Waals surface area contributed by atoms with Crippen LogP contribution in [0.2, 0.25) is 5.02 Å². The minimum Gasteiger partial charge on any atom is -0.330 e. The van der Waals surface area contributed by atoms with Gasteiger partial charge in [0.15, 0.2) is 16.4 Å². The van der Waals surface area contributed by atoms with E-state index in [1.54, 1.807) is 0 Å². The van der Waals surface area contributed by atoms with Crippen LogP contribution in [0, 0.1) is 28.0 Å². The summed E-state index contributed by atoms with van der Waals surface area (Å²) in [5, 5.41) is -0.201. The van der Waals surface area contributed by atoms with Gasteiger partial charge in [0.1, 0.15) is 11.6 Å². The topological polar surface area (TPSA) is 20.7 Å². The Balaban J connectivity index is 2.40. The average Bonchev–Trinajstić information content (AvgIpc) is 2.70. The lowest BCUT2D eigenvalue weighted by Gasteiger charge is -2.07. The SMILES string of the molecule is Fc1cc(F)c(-n2c(=S)[nH]c3cc(F)c(Cl)cc32)cc1F. The molecule has 1 N–H and O–H groups in total. The molecule has 21 heavy (non-hydrogen) atoms. The molecular formula is C13H5ClF4N2S. The summed E-state index contributed by atoms with van der Waals surface area (Å²) in [5.74, 6) is -4.23. The molecule has 8 heteroatoms. The summed E-state index contributed by atoms with van der Waals surface area (Å²) in [7, 11) is 0. The highest BCUT2D eigenvalue weighted by molar-refractivity contribution is 7.71. The van der Waals surface area contributed by atoms with Crippen LogP contribution in [-0.4, -0.2) is 9.55 Å². The van der Waals surface area contributed by atoms with E-state index in [0.717, 1.165) is 10.6 Å². The lowest BCUT2D eigenvalue weighted by molar-refractivity contribution is 0.493. The second-order valence-electron chi connectivity index (χ2n) is 4.27. The first kappa shape index (κ1) is 14.1. The van der Waals surface area contributed by atoms with Crippen molar-refractivity contribution in [3.05, 3.63) is 57.3 Å². The molecule has 0 fully saturated rings. The van der Waals surface area contributed by atoms with Crippen molar-refractivity contribution in [1.82, 2.24) is 9.55 Å². The van der Waals surface area contributed by atoms with Gasteiger partial charge in [-0.2, -0.15) is 0 Å². The molecule has 1 aromatic heterocycles. The van der Waals surface area contributed by atoms with Gasteiger partial charge in [-0.05, 0) is 18.3 Å². The summed E-state index contributed by atoms with van der Waals surface area (Å²) in [6, 6.07) is 3.39. The number of hydrogen-bond donors (Lipinski definition) is 1. The number of halogens is 5. The maximum absolute atomic E-state index is 13.9. The minimum absolute atomic E-state index is 0.00317. The first-order chi connectivity index (χ1) is 9.88. The Morgan fingerprint density at radius 1 is 0.905 bits per heavy atom. The second-order valence-corrected chi connectivity index (χ2v) is 5.06. The van der Waals surface area contributed by atoms with Crippen LogP contribution >= 0.6 is 23.8 Å². The maximum Gasteiger partial charge on any atom is 0.182 e. The van der Waals surface area contributed by atoms with E-state index >= 15 is 0 Å². The second kappa shape index (κ2) is 4.85. The minimum atomic E-state index is -1.31. The van der Waals surface area contributed by atoms with Crippen molar-refractivity contribution in [2.24, 2.45) is 0 Å². The number of imidazole rings is 1. The molecule has 0 saturated carbocycles. The zero-order valence-corrected chi connectivity index (χ0v) is 11.6. The molecule has 3 rings (SSSR count). The molecule has 0 aliphatic heterocycles. The molecule has 0 bridgehead atoms. The van der Waals surface area contributed by atoms with Crippen LogP contribution in [-0.2, 0) is 0 Å². The molecule has 0 spiro atoms. The van der Waals surface area contributed by atoms with Gasteiger partial charge in [0, 0.05) is 18.2 Å². The first-order valence-electron chi connectivity index (χ1n) is 5.63. The Morgan fingerprint density at radius 3 is 2.29 bits per heavy atom. The smallest absolute Gasteiger partial charge is 0.182 e. The fourth-order valence-electron chi connectivity index (χ4n) is 2.02. The predicted octanol–water partition coefficient (Wildman–Crippen LogP) is 4.90. The molecule has 1 heterocycles. The fraction of sp³-hybridized carbons (Fsp3) is 0. The van der Waals surface area contributed by atoms with E-state index in [0.29, 0.717) is 12.1 Å². The van der Waals surface area contributed by atoms with E-state index in [-0.39, 0.29) is 26.5 Å². The normalized spacial score (nSPS) is 11.3. The van der Waals surface area contributed by atoms with Crippen molar-refractivity contribution in [2.45, 2.75) is 0 Å². The van der Waals surface area contributed by atoms with Crippen LogP contribution in [0.3, 0.4) is 0 Å². The summed E-state index contributed by atoms with van der Waals surface area (Å²) in [6.07, 6.45) is 0. The molecule has 2 nitrogen and oxygen atoms in total. The maximum atomic E-state index is 13.9. The van der Waals surface area contributed by atoms with Gasteiger partial charge in [0.2, 0.25) is 0 Å². The molecule has 0 radical (unpaired) electrons. The van der Waals surface area contributed by atoms with Crippen molar-refractivity contribution in [2.75, 3.05) is 0 Å². The third-order valence-corrected chi connectivity index (χ3v) is 3.53. The number of nitrogens with one attached hydrogen (secondary N) is 1. The Morgan fingerprint density at radius 2 is 1.57 bits per heavy atom. The van der Waals surface area contributed by atoms with E-state index < -0.39 is 23.3 Å². The zero-order chi connectivity index (χ0) is 15.3. The van der Waals surface area contributed by atoms with Gasteiger partial charge in [0.05, 0.1) is 21.7 Å². The highest BCUT2D eigenvalue weighted by atomic mass is 35.5. The van der Waals surface area contributed by atoms with Gasteiger partial charge >= 0.3 is 0 Å². The van der Waals surface area contributed by atoms with Gasteiger partial charge in [-0.15, -0.1) is 0 Å². The molecule has 3 aromatic rings. The van der Waals surface area contributed by atoms with Crippen molar-refractivity contribution >= 4 is 34.9 Å². The average molecular weight is 333 g/mol. The van der Waals surface area contributed by atoms with Gasteiger partial charge in [-0.1, -0.05) is 11.6 Å². The number of rotatable bonds is 1. The zero-order valence-electron chi connectivity index (χ0n) is 10.1. The van der Waals surface area contributed by atoms with Crippen molar-refractivity contribution in [1.29, 1.82) is 0 Å². The Labute approximate surface area is 125 Å². The summed E-state index contributed by atoms with van der Waals surface area (Å²) >= 11 is 10.7. The van der Waals surface area contributed by atoms with Crippen LogP contribution in [0.25, 0.3) is 16.7 Å². The summed E-state index contributed by atoms with van der Waals surface area (Å²) < 4.78 is 54.8. The predicted molar refractivity (Wildman–Crippen MR) is 73.3 cm³/mol. The monoisotopic (exact) mass is 332 g/mol. The third-order valence-electron chi connectivity index (χ3n) is 2.95. The van der Waals surface area contributed by atoms with Gasteiger partial charge in [-0.25, -0.2) is 17.6 Å². The third kappa shape index (κ3) is 2.22. The molecule has 0 atom stereocenters. The number of hydrogen-bond acceptors (Lipinski definition) is 1. The Hall–Kier alpha value is -1.86. The van der Waals surface area contributed by atoms with E-state index in [2.05, 4.69) is 4.98 Å². The van der Waals surface area contributed by atoms with Crippen LogP contribution in [0.15, 0.2) is 24.3 Å². The molecule has 0 amide bonds. The molecule has 108 valence electrons. The Bertz CT molecular complexity index is 932. The lowest BCUT2D eigenvalue weighted by Crippen LogP contribution is -2.01. The largest absolute Gasteiger partial charge is 0.330 e. The molecular weight excluding hydrogens is 328 g/mol. The Kier molecular flexibility index (Phi) is 3.26. The van der Waals surface area contributed by atoms with Crippen LogP contribution in [0.4, 0.5) is 17.6 Å². The van der Waals surface area contributed by atoms with E-state index in [1.807, 2.05) is 0 Å². The molecule has 0 aliphatic rings. The van der Waals surface area contributed by atoms with Gasteiger partial charge < -0.3 is 4.98 Å². The summed E-state index contributed by atoms with van der Waals surface area (Å²) in [4.78, 5) is 2.65. The van der Waals surface area contributed by atoms with E-state index in [9.17, 15) is 17.6 Å². The quantitative estimate of drug-likeness (QED) is 0.382. The number of fused-ring (bicyclic) bond motifs is 1. The van der Waals surface area contributed by atoms with Gasteiger partial charge in [-0.3, -0.25) is 4.57 Å². The number of benzene rings is 2. The number of nitrogens with zero attached hydrogens (tertiary/aromatic N) is 1. The number of aromatic nitrogens is 2. The van der Waals surface area contributed by atoms with Crippen LogP contribution < -0.4 is 0 Å².